The van der Waals surface area contributed by atoms with Gasteiger partial charge in [-0.05, 0) is 37.0 Å². The summed E-state index contributed by atoms with van der Waals surface area (Å²) in [5.41, 5.74) is 5.41. The normalized spacial score (nSPS) is 17.0. The number of hydrogen-bond donors (Lipinski definition) is 2. The van der Waals surface area contributed by atoms with Crippen LogP contribution in [0.2, 0.25) is 5.02 Å². The Balaban J connectivity index is 1.98. The van der Waals surface area contributed by atoms with E-state index in [1.54, 1.807) is 0 Å². The molecule has 0 heterocycles. The Morgan fingerprint density at radius 3 is 2.65 bits per heavy atom. The number of benzene rings is 1. The molecular weight excluding hydrogens is 335 g/mol. The van der Waals surface area contributed by atoms with Gasteiger partial charge in [-0.1, -0.05) is 17.7 Å². The molecule has 0 spiro atoms. The molecule has 0 bridgehead atoms. The molecule has 0 aromatic heterocycles. The Bertz CT molecular complexity index is 654. The zero-order valence-corrected chi connectivity index (χ0v) is 12.5. The van der Waals surface area contributed by atoms with E-state index in [-0.39, 0.29) is 11.4 Å². The smallest absolute Gasteiger partial charge is 0.404 e. The molecule has 0 radical (unpaired) electrons. The third kappa shape index (κ3) is 4.74. The summed E-state index contributed by atoms with van der Waals surface area (Å²) in [6.45, 7) is 0. The molecule has 2 rings (SSSR count). The molecule has 124 valence electrons. The van der Waals surface area contributed by atoms with Gasteiger partial charge in [0.15, 0.2) is 0 Å². The van der Waals surface area contributed by atoms with E-state index in [1.165, 1.54) is 12.1 Å². The molecular formula is C14H13ClF3N3O2. The van der Waals surface area contributed by atoms with Crippen LogP contribution in [0.5, 0.6) is 5.75 Å². The van der Waals surface area contributed by atoms with Gasteiger partial charge in [-0.25, -0.2) is 0 Å². The van der Waals surface area contributed by atoms with Crippen LogP contribution in [0.1, 0.15) is 18.4 Å². The van der Waals surface area contributed by atoms with Gasteiger partial charge in [0.2, 0.25) is 5.91 Å². The first-order chi connectivity index (χ1) is 10.6. The van der Waals surface area contributed by atoms with Gasteiger partial charge >= 0.3 is 6.36 Å². The third-order valence-corrected chi connectivity index (χ3v) is 3.64. The summed E-state index contributed by atoms with van der Waals surface area (Å²) in [4.78, 5) is 11.9. The minimum absolute atomic E-state index is 0.0688. The number of nitrogens with two attached hydrogens (primary N) is 1. The number of carbonyl (C=O) groups excluding carboxylic acids is 1. The zero-order chi connectivity index (χ0) is 17.3. The van der Waals surface area contributed by atoms with Crippen LogP contribution in [-0.4, -0.2) is 23.9 Å². The number of ether oxygens (including phenoxy) is 1. The van der Waals surface area contributed by atoms with Crippen molar-refractivity contribution in [3.63, 3.8) is 0 Å². The van der Waals surface area contributed by atoms with Crippen LogP contribution in [-0.2, 0) is 11.2 Å². The quantitative estimate of drug-likeness (QED) is 0.855. The van der Waals surface area contributed by atoms with E-state index >= 15 is 0 Å². The first kappa shape index (κ1) is 17.4. The molecule has 0 aliphatic heterocycles. The predicted molar refractivity (Wildman–Crippen MR) is 75.5 cm³/mol. The van der Waals surface area contributed by atoms with Gasteiger partial charge in [0.25, 0.3) is 0 Å². The minimum atomic E-state index is -4.84. The van der Waals surface area contributed by atoms with E-state index in [0.29, 0.717) is 18.4 Å². The number of alkyl halides is 3. The van der Waals surface area contributed by atoms with Crippen molar-refractivity contribution >= 4 is 17.5 Å². The molecule has 0 saturated heterocycles. The van der Waals surface area contributed by atoms with Crippen molar-refractivity contribution in [1.29, 1.82) is 5.26 Å². The van der Waals surface area contributed by atoms with Crippen molar-refractivity contribution in [2.75, 3.05) is 0 Å². The second kappa shape index (κ2) is 6.26. The molecule has 1 aromatic carbocycles. The number of rotatable bonds is 5. The van der Waals surface area contributed by atoms with E-state index in [9.17, 15) is 18.0 Å². The SMILES string of the molecule is N#CC1(NC(=O)[C@@H](N)Cc2ccc(OC(F)(F)F)c(Cl)c2)CC1. The van der Waals surface area contributed by atoms with Crippen LogP contribution < -0.4 is 15.8 Å². The maximum Gasteiger partial charge on any atom is 0.573 e. The van der Waals surface area contributed by atoms with Gasteiger partial charge in [-0.3, -0.25) is 4.79 Å². The van der Waals surface area contributed by atoms with E-state index in [2.05, 4.69) is 10.1 Å². The molecule has 1 aliphatic rings. The van der Waals surface area contributed by atoms with E-state index in [0.717, 1.165) is 6.07 Å². The lowest BCUT2D eigenvalue weighted by Gasteiger charge is -2.16. The second-order valence-electron chi connectivity index (χ2n) is 5.31. The molecule has 1 aromatic rings. The van der Waals surface area contributed by atoms with E-state index in [4.69, 9.17) is 22.6 Å². The number of nitrogens with one attached hydrogen (secondary N) is 1. The summed E-state index contributed by atoms with van der Waals surface area (Å²) in [6.07, 6.45) is -3.61. The highest BCUT2D eigenvalue weighted by atomic mass is 35.5. The first-order valence-electron chi connectivity index (χ1n) is 6.67. The van der Waals surface area contributed by atoms with Crippen LogP contribution in [0.3, 0.4) is 0 Å². The molecule has 9 heteroatoms. The molecule has 1 atom stereocenters. The second-order valence-corrected chi connectivity index (χ2v) is 5.71. The van der Waals surface area contributed by atoms with Crippen molar-refractivity contribution in [3.05, 3.63) is 28.8 Å². The summed E-state index contributed by atoms with van der Waals surface area (Å²) in [5.74, 6) is -1.02. The highest BCUT2D eigenvalue weighted by Crippen LogP contribution is 2.34. The summed E-state index contributed by atoms with van der Waals surface area (Å²) in [7, 11) is 0. The van der Waals surface area contributed by atoms with Gasteiger partial charge in [-0.15, -0.1) is 13.2 Å². The lowest BCUT2D eigenvalue weighted by Crippen LogP contribution is -2.47. The Hall–Kier alpha value is -1.98. The number of nitriles is 1. The fourth-order valence-electron chi connectivity index (χ4n) is 1.94. The molecule has 0 unspecified atom stereocenters. The number of carbonyl (C=O) groups is 1. The topological polar surface area (TPSA) is 88.1 Å². The number of halogens is 4. The van der Waals surface area contributed by atoms with Crippen molar-refractivity contribution < 1.29 is 22.7 Å². The molecule has 5 nitrogen and oxygen atoms in total. The van der Waals surface area contributed by atoms with Gasteiger partial charge in [0.05, 0.1) is 17.1 Å². The minimum Gasteiger partial charge on any atom is -0.404 e. The van der Waals surface area contributed by atoms with Gasteiger partial charge < -0.3 is 15.8 Å². The summed E-state index contributed by atoms with van der Waals surface area (Å²) in [5, 5.41) is 11.2. The third-order valence-electron chi connectivity index (χ3n) is 3.34. The molecule has 1 saturated carbocycles. The van der Waals surface area contributed by atoms with Crippen molar-refractivity contribution in [1.82, 2.24) is 5.32 Å². The van der Waals surface area contributed by atoms with Crippen LogP contribution in [0, 0.1) is 11.3 Å². The predicted octanol–water partition coefficient (Wildman–Crippen LogP) is 2.28. The Morgan fingerprint density at radius 2 is 2.17 bits per heavy atom. The van der Waals surface area contributed by atoms with Gasteiger partial charge in [0.1, 0.15) is 11.3 Å². The number of amides is 1. The maximum absolute atomic E-state index is 12.2. The molecule has 1 amide bonds. The molecule has 3 N–H and O–H groups in total. The Labute approximate surface area is 135 Å². The molecule has 23 heavy (non-hydrogen) atoms. The van der Waals surface area contributed by atoms with Crippen molar-refractivity contribution in [2.45, 2.75) is 37.2 Å². The summed E-state index contributed by atoms with van der Waals surface area (Å²) < 4.78 is 40.2. The average Bonchev–Trinajstić information content (AvgIpc) is 3.21. The van der Waals surface area contributed by atoms with Gasteiger partial charge in [-0.2, -0.15) is 5.26 Å². The largest absolute Gasteiger partial charge is 0.573 e. The van der Waals surface area contributed by atoms with Crippen molar-refractivity contribution in [3.8, 4) is 11.8 Å². The molecule has 1 aliphatic carbocycles. The summed E-state index contributed by atoms with van der Waals surface area (Å²) in [6, 6.07) is 4.73. The van der Waals surface area contributed by atoms with Crippen LogP contribution in [0.15, 0.2) is 18.2 Å². The Morgan fingerprint density at radius 1 is 1.52 bits per heavy atom. The van der Waals surface area contributed by atoms with Gasteiger partial charge in [0, 0.05) is 0 Å². The fraction of sp³-hybridized carbons (Fsp3) is 0.429. The zero-order valence-electron chi connectivity index (χ0n) is 11.8. The number of hydrogen-bond acceptors (Lipinski definition) is 4. The maximum atomic E-state index is 12.2. The monoisotopic (exact) mass is 347 g/mol. The lowest BCUT2D eigenvalue weighted by molar-refractivity contribution is -0.274. The Kier molecular flexibility index (Phi) is 4.73. The lowest BCUT2D eigenvalue weighted by atomic mass is 10.1. The van der Waals surface area contributed by atoms with E-state index < -0.39 is 29.6 Å². The fourth-order valence-corrected chi connectivity index (χ4v) is 2.19. The average molecular weight is 348 g/mol. The first-order valence-corrected chi connectivity index (χ1v) is 7.05. The van der Waals surface area contributed by atoms with Crippen LogP contribution in [0.4, 0.5) is 13.2 Å². The highest BCUT2D eigenvalue weighted by Gasteiger charge is 2.45. The summed E-state index contributed by atoms with van der Waals surface area (Å²) >= 11 is 5.73. The standard InChI is InChI=1S/C14H13ClF3N3O2/c15-9-5-8(1-2-11(9)23-14(16,17)18)6-10(20)12(22)21-13(7-19)3-4-13/h1-2,5,10H,3-4,6,20H2,(H,21,22)/t10-/m0/s1. The molecule has 1 fully saturated rings. The van der Waals surface area contributed by atoms with Crippen molar-refractivity contribution in [2.24, 2.45) is 5.73 Å². The number of nitrogens with zero attached hydrogens (tertiary/aromatic N) is 1. The van der Waals surface area contributed by atoms with E-state index in [1.807, 2.05) is 6.07 Å². The van der Waals surface area contributed by atoms with Crippen LogP contribution in [0.25, 0.3) is 0 Å². The van der Waals surface area contributed by atoms with Crippen LogP contribution >= 0.6 is 11.6 Å². The highest BCUT2D eigenvalue weighted by molar-refractivity contribution is 6.32.